The molecule has 25 heavy (non-hydrogen) atoms. The Hall–Kier alpha value is -0.280. The molecular formula is C18H38N2O5. The van der Waals surface area contributed by atoms with Gasteiger partial charge in [-0.15, -0.1) is 0 Å². The van der Waals surface area contributed by atoms with Crippen LogP contribution in [0, 0.1) is 0 Å². The lowest BCUT2D eigenvalue weighted by atomic mass is 9.98. The minimum absolute atomic E-state index is 0.403. The van der Waals surface area contributed by atoms with Gasteiger partial charge in [-0.1, -0.05) is 51.9 Å². The molecule has 5 atom stereocenters. The predicted octanol–water partition coefficient (Wildman–Crippen LogP) is 0.106. The third-order valence-corrected chi connectivity index (χ3v) is 4.75. The van der Waals surface area contributed by atoms with Gasteiger partial charge in [0.2, 0.25) is 0 Å². The van der Waals surface area contributed by atoms with Crippen LogP contribution in [0.15, 0.2) is 0 Å². The van der Waals surface area contributed by atoms with Crippen molar-refractivity contribution in [3.63, 3.8) is 0 Å². The average Bonchev–Trinajstić information content (AvgIpc) is 2.62. The zero-order valence-corrected chi connectivity index (χ0v) is 15.6. The summed E-state index contributed by atoms with van der Waals surface area (Å²) in [5.41, 5.74) is 0. The molecule has 1 unspecified atom stereocenters. The van der Waals surface area contributed by atoms with Crippen LogP contribution in [0.5, 0.6) is 0 Å². The first-order valence-electron chi connectivity index (χ1n) is 9.86. The van der Waals surface area contributed by atoms with Gasteiger partial charge >= 0.3 is 0 Å². The maximum atomic E-state index is 9.90. The van der Waals surface area contributed by atoms with Crippen LogP contribution in [0.2, 0.25) is 0 Å². The van der Waals surface area contributed by atoms with Crippen molar-refractivity contribution in [1.29, 1.82) is 0 Å². The highest BCUT2D eigenvalue weighted by molar-refractivity contribution is 4.90. The fourth-order valence-corrected chi connectivity index (χ4v) is 3.08. The number of unbranched alkanes of at least 4 members (excludes halogenated alkanes) is 7. The molecule has 1 saturated heterocycles. The predicted molar refractivity (Wildman–Crippen MR) is 97.2 cm³/mol. The number of ether oxygens (including phenoxy) is 1. The number of rotatable bonds is 14. The Kier molecular flexibility index (Phi) is 12.6. The summed E-state index contributed by atoms with van der Waals surface area (Å²) in [5, 5.41) is 44.8. The normalized spacial score (nSPS) is 29.9. The van der Waals surface area contributed by atoms with Crippen molar-refractivity contribution in [2.24, 2.45) is 0 Å². The molecule has 7 nitrogen and oxygen atoms in total. The summed E-state index contributed by atoms with van der Waals surface area (Å²) in [4.78, 5) is 0. The van der Waals surface area contributed by atoms with Crippen LogP contribution >= 0.6 is 0 Å². The van der Waals surface area contributed by atoms with E-state index in [1.54, 1.807) is 0 Å². The molecule has 1 fully saturated rings. The number of aliphatic hydroxyl groups is 4. The van der Waals surface area contributed by atoms with Gasteiger partial charge in [-0.2, -0.15) is 0 Å². The SMILES string of the molecule is CCCCCCCCCCNCCNC1O[C@H](CO)[C@@H](O)[C@H](O)[C@H]1O. The standard InChI is InChI=1S/C18H38N2O5/c1-2-3-4-5-6-7-8-9-10-19-11-12-20-18-17(24)16(23)15(22)14(13-21)25-18/h14-24H,2-13H2,1H3/t14-,15-,16+,17-,18?/m1/s1. The van der Waals surface area contributed by atoms with E-state index in [0.717, 1.165) is 19.5 Å². The van der Waals surface area contributed by atoms with E-state index >= 15 is 0 Å². The van der Waals surface area contributed by atoms with Crippen molar-refractivity contribution in [1.82, 2.24) is 10.6 Å². The number of hydrogen-bond donors (Lipinski definition) is 6. The molecule has 0 bridgehead atoms. The lowest BCUT2D eigenvalue weighted by molar-refractivity contribution is -0.236. The highest BCUT2D eigenvalue weighted by Crippen LogP contribution is 2.19. The maximum Gasteiger partial charge on any atom is 0.137 e. The van der Waals surface area contributed by atoms with Gasteiger partial charge in [0, 0.05) is 13.1 Å². The summed E-state index contributed by atoms with van der Waals surface area (Å²) in [6, 6.07) is 0. The summed E-state index contributed by atoms with van der Waals surface area (Å²) in [6.45, 7) is 4.09. The van der Waals surface area contributed by atoms with Gasteiger partial charge in [0.25, 0.3) is 0 Å². The van der Waals surface area contributed by atoms with Crippen molar-refractivity contribution in [2.45, 2.75) is 88.9 Å². The zero-order valence-electron chi connectivity index (χ0n) is 15.6. The molecule has 0 saturated carbocycles. The van der Waals surface area contributed by atoms with Crippen molar-refractivity contribution >= 4 is 0 Å². The Morgan fingerprint density at radius 1 is 0.760 bits per heavy atom. The topological polar surface area (TPSA) is 114 Å². The van der Waals surface area contributed by atoms with Gasteiger partial charge in [0.05, 0.1) is 6.61 Å². The fourth-order valence-electron chi connectivity index (χ4n) is 3.08. The van der Waals surface area contributed by atoms with Gasteiger partial charge in [0.15, 0.2) is 0 Å². The summed E-state index contributed by atoms with van der Waals surface area (Å²) in [7, 11) is 0. The van der Waals surface area contributed by atoms with Crippen LogP contribution < -0.4 is 10.6 Å². The number of aliphatic hydroxyl groups excluding tert-OH is 4. The molecule has 0 aliphatic carbocycles. The van der Waals surface area contributed by atoms with E-state index < -0.39 is 37.3 Å². The highest BCUT2D eigenvalue weighted by atomic mass is 16.6. The Morgan fingerprint density at radius 2 is 1.40 bits per heavy atom. The second-order valence-electron chi connectivity index (χ2n) is 6.93. The second-order valence-corrected chi connectivity index (χ2v) is 6.93. The molecule has 1 aliphatic heterocycles. The summed E-state index contributed by atoms with van der Waals surface area (Å²) >= 11 is 0. The second kappa shape index (κ2) is 13.9. The zero-order chi connectivity index (χ0) is 18.5. The van der Waals surface area contributed by atoms with E-state index in [4.69, 9.17) is 9.84 Å². The van der Waals surface area contributed by atoms with E-state index in [0.29, 0.717) is 6.54 Å². The maximum absolute atomic E-state index is 9.90. The quantitative estimate of drug-likeness (QED) is 0.243. The first-order chi connectivity index (χ1) is 12.1. The van der Waals surface area contributed by atoms with Gasteiger partial charge in [-0.25, -0.2) is 0 Å². The van der Waals surface area contributed by atoms with Crippen molar-refractivity contribution < 1.29 is 25.2 Å². The van der Waals surface area contributed by atoms with E-state index in [1.807, 2.05) is 0 Å². The molecule has 1 aliphatic rings. The van der Waals surface area contributed by atoms with Gasteiger partial charge in [-0.3, -0.25) is 5.32 Å². The summed E-state index contributed by atoms with van der Waals surface area (Å²) in [6.07, 6.45) is 4.89. The largest absolute Gasteiger partial charge is 0.394 e. The molecule has 0 spiro atoms. The summed E-state index contributed by atoms with van der Waals surface area (Å²) < 4.78 is 5.38. The lowest BCUT2D eigenvalue weighted by Crippen LogP contribution is -2.62. The molecule has 0 aromatic carbocycles. The Bertz CT molecular complexity index is 320. The van der Waals surface area contributed by atoms with Crippen molar-refractivity contribution in [3.05, 3.63) is 0 Å². The molecule has 0 aromatic rings. The molecule has 1 heterocycles. The minimum Gasteiger partial charge on any atom is -0.394 e. The van der Waals surface area contributed by atoms with Crippen LogP contribution in [0.25, 0.3) is 0 Å². The number of nitrogens with one attached hydrogen (secondary N) is 2. The Balaban J connectivity index is 1.99. The van der Waals surface area contributed by atoms with Gasteiger partial charge in [-0.05, 0) is 13.0 Å². The van der Waals surface area contributed by atoms with Crippen molar-refractivity contribution in [2.75, 3.05) is 26.2 Å². The Morgan fingerprint density at radius 3 is 2.04 bits per heavy atom. The Labute approximate surface area is 151 Å². The van der Waals surface area contributed by atoms with Gasteiger partial charge in [0.1, 0.15) is 30.6 Å². The van der Waals surface area contributed by atoms with E-state index in [2.05, 4.69) is 17.6 Å². The minimum atomic E-state index is -1.33. The summed E-state index contributed by atoms with van der Waals surface area (Å²) in [5.74, 6) is 0. The van der Waals surface area contributed by atoms with E-state index in [9.17, 15) is 15.3 Å². The van der Waals surface area contributed by atoms with Gasteiger partial charge < -0.3 is 30.5 Å². The first-order valence-corrected chi connectivity index (χ1v) is 9.86. The average molecular weight is 363 g/mol. The van der Waals surface area contributed by atoms with Crippen LogP contribution in [0.1, 0.15) is 58.3 Å². The van der Waals surface area contributed by atoms with E-state index in [-0.39, 0.29) is 0 Å². The number of hydrogen-bond acceptors (Lipinski definition) is 7. The smallest absolute Gasteiger partial charge is 0.137 e. The first kappa shape index (κ1) is 22.8. The third kappa shape index (κ3) is 8.77. The van der Waals surface area contributed by atoms with Crippen LogP contribution in [-0.4, -0.2) is 77.3 Å². The fraction of sp³-hybridized carbons (Fsp3) is 1.00. The molecule has 0 radical (unpaired) electrons. The molecule has 0 amide bonds. The van der Waals surface area contributed by atoms with Crippen LogP contribution in [0.4, 0.5) is 0 Å². The molecule has 150 valence electrons. The highest BCUT2D eigenvalue weighted by Gasteiger charge is 2.42. The molecular weight excluding hydrogens is 324 g/mol. The monoisotopic (exact) mass is 362 g/mol. The molecule has 0 aromatic heterocycles. The van der Waals surface area contributed by atoms with Crippen molar-refractivity contribution in [3.8, 4) is 0 Å². The molecule has 1 rings (SSSR count). The van der Waals surface area contributed by atoms with E-state index in [1.165, 1.54) is 44.9 Å². The van der Waals surface area contributed by atoms with Crippen LogP contribution in [0.3, 0.4) is 0 Å². The van der Waals surface area contributed by atoms with Crippen LogP contribution in [-0.2, 0) is 4.74 Å². The molecule has 6 N–H and O–H groups in total. The third-order valence-electron chi connectivity index (χ3n) is 4.75. The lowest BCUT2D eigenvalue weighted by Gasteiger charge is -2.40. The molecule has 7 heteroatoms.